The average molecular weight is 314 g/mol. The lowest BCUT2D eigenvalue weighted by molar-refractivity contribution is 0.0695. The highest BCUT2D eigenvalue weighted by molar-refractivity contribution is 7.89. The molecule has 0 bridgehead atoms. The van der Waals surface area contributed by atoms with Crippen molar-refractivity contribution >= 4 is 16.0 Å². The standard InChI is InChI=1S/C14H22N2O4S/c1-4-11-6-7-12(10-13(11)14(17)18)21(19,20)16(3)9-5-8-15-2/h6-7,10,15H,4-5,8-9H2,1-3H3,(H,17,18). The van der Waals surface area contributed by atoms with E-state index in [2.05, 4.69) is 5.32 Å². The molecule has 1 aromatic rings. The largest absolute Gasteiger partial charge is 0.478 e. The second-order valence-corrected chi connectivity index (χ2v) is 6.81. The Hall–Kier alpha value is -1.44. The van der Waals surface area contributed by atoms with Gasteiger partial charge in [0.25, 0.3) is 0 Å². The summed E-state index contributed by atoms with van der Waals surface area (Å²) >= 11 is 0. The number of nitrogens with zero attached hydrogens (tertiary/aromatic N) is 1. The van der Waals surface area contributed by atoms with E-state index in [4.69, 9.17) is 0 Å². The number of carbonyl (C=O) groups is 1. The van der Waals surface area contributed by atoms with Crippen LogP contribution in [0.2, 0.25) is 0 Å². The molecule has 0 atom stereocenters. The van der Waals surface area contributed by atoms with Gasteiger partial charge in [0.05, 0.1) is 10.5 Å². The van der Waals surface area contributed by atoms with Gasteiger partial charge < -0.3 is 10.4 Å². The van der Waals surface area contributed by atoms with E-state index in [1.807, 2.05) is 6.92 Å². The summed E-state index contributed by atoms with van der Waals surface area (Å²) in [5.74, 6) is -1.11. The van der Waals surface area contributed by atoms with Gasteiger partial charge in [-0.3, -0.25) is 0 Å². The van der Waals surface area contributed by atoms with E-state index in [0.717, 1.165) is 6.54 Å². The molecule has 0 heterocycles. The quantitative estimate of drug-likeness (QED) is 0.704. The Kier molecular flexibility index (Phi) is 6.32. The summed E-state index contributed by atoms with van der Waals surface area (Å²) in [7, 11) is -0.356. The maximum absolute atomic E-state index is 12.4. The van der Waals surface area contributed by atoms with Crippen LogP contribution in [-0.2, 0) is 16.4 Å². The highest BCUT2D eigenvalue weighted by atomic mass is 32.2. The van der Waals surface area contributed by atoms with Crippen molar-refractivity contribution in [1.29, 1.82) is 0 Å². The second kappa shape index (κ2) is 7.53. The number of benzene rings is 1. The van der Waals surface area contributed by atoms with Crippen molar-refractivity contribution in [3.05, 3.63) is 29.3 Å². The molecule has 0 saturated carbocycles. The van der Waals surface area contributed by atoms with Gasteiger partial charge in [0.1, 0.15) is 0 Å². The van der Waals surface area contributed by atoms with Gasteiger partial charge in [-0.05, 0) is 44.1 Å². The lowest BCUT2D eigenvalue weighted by atomic mass is 10.1. The van der Waals surface area contributed by atoms with Crippen LogP contribution in [0.15, 0.2) is 23.1 Å². The van der Waals surface area contributed by atoms with Crippen molar-refractivity contribution in [2.24, 2.45) is 0 Å². The Morgan fingerprint density at radius 2 is 2.05 bits per heavy atom. The lowest BCUT2D eigenvalue weighted by Gasteiger charge is -2.18. The molecule has 6 nitrogen and oxygen atoms in total. The van der Waals surface area contributed by atoms with Crippen molar-refractivity contribution in [3.8, 4) is 0 Å². The van der Waals surface area contributed by atoms with E-state index in [1.54, 1.807) is 13.1 Å². The summed E-state index contributed by atoms with van der Waals surface area (Å²) in [4.78, 5) is 11.2. The fraction of sp³-hybridized carbons (Fsp3) is 0.500. The van der Waals surface area contributed by atoms with Crippen LogP contribution < -0.4 is 5.32 Å². The number of carboxylic acids is 1. The molecular formula is C14H22N2O4S. The zero-order valence-corrected chi connectivity index (χ0v) is 13.4. The number of carboxylic acid groups (broad SMARTS) is 1. The molecule has 0 fully saturated rings. The van der Waals surface area contributed by atoms with Gasteiger partial charge in [0, 0.05) is 13.6 Å². The summed E-state index contributed by atoms with van der Waals surface area (Å²) in [6.45, 7) is 2.93. The number of sulfonamides is 1. The summed E-state index contributed by atoms with van der Waals surface area (Å²) in [6.07, 6.45) is 1.23. The molecule has 0 aromatic heterocycles. The van der Waals surface area contributed by atoms with E-state index in [9.17, 15) is 18.3 Å². The summed E-state index contributed by atoms with van der Waals surface area (Å²) in [5.41, 5.74) is 0.668. The van der Waals surface area contributed by atoms with Gasteiger partial charge in [-0.15, -0.1) is 0 Å². The van der Waals surface area contributed by atoms with Crippen molar-refractivity contribution in [3.63, 3.8) is 0 Å². The van der Waals surface area contributed by atoms with Crippen LogP contribution in [0.5, 0.6) is 0 Å². The number of rotatable bonds is 8. The Balaban J connectivity index is 3.08. The molecule has 0 aliphatic carbocycles. The SMILES string of the molecule is CCc1ccc(S(=O)(=O)N(C)CCCNC)cc1C(=O)O. The fourth-order valence-electron chi connectivity index (χ4n) is 2.00. The summed E-state index contributed by atoms with van der Waals surface area (Å²) in [6, 6.07) is 4.28. The zero-order chi connectivity index (χ0) is 16.0. The van der Waals surface area contributed by atoms with Crippen LogP contribution in [-0.4, -0.2) is 51.0 Å². The molecule has 0 radical (unpaired) electrons. The van der Waals surface area contributed by atoms with Crippen molar-refractivity contribution < 1.29 is 18.3 Å². The van der Waals surface area contributed by atoms with E-state index in [1.165, 1.54) is 23.5 Å². The van der Waals surface area contributed by atoms with Crippen LogP contribution in [0.3, 0.4) is 0 Å². The van der Waals surface area contributed by atoms with Crippen LogP contribution in [0.25, 0.3) is 0 Å². The van der Waals surface area contributed by atoms with Crippen LogP contribution in [0.1, 0.15) is 29.3 Å². The van der Waals surface area contributed by atoms with Gasteiger partial charge in [-0.25, -0.2) is 17.5 Å². The van der Waals surface area contributed by atoms with Gasteiger partial charge in [0.15, 0.2) is 0 Å². The smallest absolute Gasteiger partial charge is 0.336 e. The molecule has 0 spiro atoms. The Labute approximate surface area is 125 Å². The number of hydrogen-bond acceptors (Lipinski definition) is 4. The van der Waals surface area contributed by atoms with Crippen LogP contribution in [0, 0.1) is 0 Å². The first-order valence-corrected chi connectivity index (χ1v) is 8.25. The number of aromatic carboxylic acids is 1. The normalized spacial score (nSPS) is 11.8. The molecule has 0 unspecified atom stereocenters. The average Bonchev–Trinajstić information content (AvgIpc) is 2.46. The third-order valence-corrected chi connectivity index (χ3v) is 5.15. The summed E-state index contributed by atoms with van der Waals surface area (Å²) < 4.78 is 26.1. The Morgan fingerprint density at radius 1 is 1.38 bits per heavy atom. The molecule has 0 aliphatic heterocycles. The Bertz CT molecular complexity index is 599. The highest BCUT2D eigenvalue weighted by Gasteiger charge is 2.22. The predicted octanol–water partition coefficient (Wildman–Crippen LogP) is 1.18. The third-order valence-electron chi connectivity index (χ3n) is 3.30. The minimum Gasteiger partial charge on any atom is -0.478 e. The molecule has 118 valence electrons. The van der Waals surface area contributed by atoms with Crippen LogP contribution in [0.4, 0.5) is 0 Å². The molecule has 1 aromatic carbocycles. The maximum Gasteiger partial charge on any atom is 0.336 e. The van der Waals surface area contributed by atoms with E-state index >= 15 is 0 Å². The molecule has 7 heteroatoms. The molecular weight excluding hydrogens is 292 g/mol. The minimum atomic E-state index is -3.66. The molecule has 2 N–H and O–H groups in total. The first-order chi connectivity index (χ1) is 9.84. The molecule has 0 saturated heterocycles. The maximum atomic E-state index is 12.4. The number of hydrogen-bond donors (Lipinski definition) is 2. The van der Waals surface area contributed by atoms with Gasteiger partial charge in [-0.2, -0.15) is 0 Å². The monoisotopic (exact) mass is 314 g/mol. The first-order valence-electron chi connectivity index (χ1n) is 6.81. The predicted molar refractivity (Wildman–Crippen MR) is 81.1 cm³/mol. The highest BCUT2D eigenvalue weighted by Crippen LogP contribution is 2.20. The Morgan fingerprint density at radius 3 is 2.57 bits per heavy atom. The molecule has 0 aliphatic rings. The topological polar surface area (TPSA) is 86.7 Å². The summed E-state index contributed by atoms with van der Waals surface area (Å²) in [5, 5.41) is 12.1. The molecule has 0 amide bonds. The number of nitrogens with one attached hydrogen (secondary N) is 1. The van der Waals surface area contributed by atoms with Crippen LogP contribution >= 0.6 is 0 Å². The minimum absolute atomic E-state index is 0.0176. The fourth-order valence-corrected chi connectivity index (χ4v) is 3.24. The van der Waals surface area contributed by atoms with Gasteiger partial charge in [0.2, 0.25) is 10.0 Å². The number of aryl methyl sites for hydroxylation is 1. The van der Waals surface area contributed by atoms with Crippen molar-refractivity contribution in [2.75, 3.05) is 27.2 Å². The van der Waals surface area contributed by atoms with E-state index in [0.29, 0.717) is 24.9 Å². The van der Waals surface area contributed by atoms with E-state index in [-0.39, 0.29) is 10.5 Å². The van der Waals surface area contributed by atoms with Crippen molar-refractivity contribution in [1.82, 2.24) is 9.62 Å². The van der Waals surface area contributed by atoms with Gasteiger partial charge >= 0.3 is 5.97 Å². The third kappa shape index (κ3) is 4.26. The first kappa shape index (κ1) is 17.6. The van der Waals surface area contributed by atoms with E-state index < -0.39 is 16.0 Å². The van der Waals surface area contributed by atoms with Gasteiger partial charge in [-0.1, -0.05) is 13.0 Å². The molecule has 21 heavy (non-hydrogen) atoms. The lowest BCUT2D eigenvalue weighted by Crippen LogP contribution is -2.29. The molecule has 1 rings (SSSR count). The van der Waals surface area contributed by atoms with Crippen molar-refractivity contribution in [2.45, 2.75) is 24.7 Å². The second-order valence-electron chi connectivity index (χ2n) is 4.76. The zero-order valence-electron chi connectivity index (χ0n) is 12.6.